The van der Waals surface area contributed by atoms with Crippen molar-refractivity contribution in [2.75, 3.05) is 11.9 Å². The first-order chi connectivity index (χ1) is 13.6. The molecule has 156 valence electrons. The maximum Gasteiger partial charge on any atom is 0.324 e. The van der Waals surface area contributed by atoms with Crippen LogP contribution in [0.4, 0.5) is 10.1 Å². The van der Waals surface area contributed by atoms with Crippen molar-refractivity contribution in [2.24, 2.45) is 5.92 Å². The Morgan fingerprint density at radius 2 is 1.72 bits per heavy atom. The molecule has 2 N–H and O–H groups in total. The predicted octanol–water partition coefficient (Wildman–Crippen LogP) is 3.07. The summed E-state index contributed by atoms with van der Waals surface area (Å²) in [4.78, 5) is 23.7. The molecule has 2 aromatic rings. The fraction of sp³-hybridized carbons (Fsp3) is 0.263. The van der Waals surface area contributed by atoms with Crippen LogP contribution >= 0.6 is 15.9 Å². The van der Waals surface area contributed by atoms with E-state index in [1.165, 1.54) is 12.1 Å². The van der Waals surface area contributed by atoms with Gasteiger partial charge in [-0.05, 0) is 42.3 Å². The van der Waals surface area contributed by atoms with Crippen molar-refractivity contribution < 1.29 is 27.1 Å². The predicted molar refractivity (Wildman–Crippen MR) is 109 cm³/mol. The molecule has 2 rings (SSSR count). The standard InChI is InChI=1S/C19H20BrFN2O5S/c1-12(2)18(23-29(26,27)16-6-4-3-5-15(16)21)19(25)28-11-17(24)22-14-9-7-13(20)8-10-14/h3-10,12,18,23H,11H2,1-2H3,(H,22,24)/t18-/m0/s1. The van der Waals surface area contributed by atoms with Gasteiger partial charge in [0.2, 0.25) is 10.0 Å². The Morgan fingerprint density at radius 1 is 1.10 bits per heavy atom. The van der Waals surface area contributed by atoms with Crippen molar-refractivity contribution in [1.29, 1.82) is 0 Å². The van der Waals surface area contributed by atoms with Crippen LogP contribution in [0.5, 0.6) is 0 Å². The summed E-state index contributed by atoms with van der Waals surface area (Å²) >= 11 is 3.27. The fourth-order valence-electron chi connectivity index (χ4n) is 2.31. The molecule has 1 amide bonds. The van der Waals surface area contributed by atoms with Crippen LogP contribution in [-0.2, 0) is 24.3 Å². The molecule has 0 radical (unpaired) electrons. The van der Waals surface area contributed by atoms with Crippen molar-refractivity contribution in [3.05, 3.63) is 58.8 Å². The van der Waals surface area contributed by atoms with Gasteiger partial charge in [-0.15, -0.1) is 0 Å². The lowest BCUT2D eigenvalue weighted by Gasteiger charge is -2.21. The molecular weight excluding hydrogens is 467 g/mol. The number of halogens is 2. The average molecular weight is 487 g/mol. The molecule has 0 heterocycles. The Hall–Kier alpha value is -2.30. The molecule has 0 saturated heterocycles. The van der Waals surface area contributed by atoms with Gasteiger partial charge in [0.15, 0.2) is 6.61 Å². The lowest BCUT2D eigenvalue weighted by molar-refractivity contribution is -0.150. The summed E-state index contributed by atoms with van der Waals surface area (Å²) in [6.07, 6.45) is 0. The maximum atomic E-state index is 13.8. The Morgan fingerprint density at radius 3 is 2.31 bits per heavy atom. The topological polar surface area (TPSA) is 102 Å². The maximum absolute atomic E-state index is 13.8. The number of hydrogen-bond donors (Lipinski definition) is 2. The second-order valence-corrected chi connectivity index (χ2v) is 9.03. The minimum absolute atomic E-state index is 0.501. The van der Waals surface area contributed by atoms with E-state index < -0.39 is 51.2 Å². The van der Waals surface area contributed by atoms with E-state index in [1.54, 1.807) is 38.1 Å². The SMILES string of the molecule is CC(C)[C@H](NS(=O)(=O)c1ccccc1F)C(=O)OCC(=O)Nc1ccc(Br)cc1. The minimum Gasteiger partial charge on any atom is -0.454 e. The number of carbonyl (C=O) groups excluding carboxylic acids is 2. The molecule has 7 nitrogen and oxygen atoms in total. The molecule has 1 atom stereocenters. The van der Waals surface area contributed by atoms with E-state index in [1.807, 2.05) is 0 Å². The number of benzene rings is 2. The molecule has 0 bridgehead atoms. The zero-order valence-corrected chi connectivity index (χ0v) is 18.1. The van der Waals surface area contributed by atoms with E-state index in [0.717, 1.165) is 16.6 Å². The van der Waals surface area contributed by atoms with Gasteiger partial charge in [-0.25, -0.2) is 12.8 Å². The molecule has 0 aliphatic carbocycles. The van der Waals surface area contributed by atoms with Crippen LogP contribution in [0.25, 0.3) is 0 Å². The molecular formula is C19H20BrFN2O5S. The smallest absolute Gasteiger partial charge is 0.324 e. The van der Waals surface area contributed by atoms with Crippen molar-refractivity contribution in [3.8, 4) is 0 Å². The summed E-state index contributed by atoms with van der Waals surface area (Å²) in [5, 5.41) is 2.55. The molecule has 29 heavy (non-hydrogen) atoms. The number of esters is 1. The molecule has 0 saturated carbocycles. The zero-order chi connectivity index (χ0) is 21.6. The second kappa shape index (κ2) is 9.95. The van der Waals surface area contributed by atoms with Crippen LogP contribution < -0.4 is 10.0 Å². The Balaban J connectivity index is 2.01. The van der Waals surface area contributed by atoms with E-state index >= 15 is 0 Å². The molecule has 0 aliphatic heterocycles. The van der Waals surface area contributed by atoms with Crippen molar-refractivity contribution >= 4 is 43.5 Å². The molecule has 0 aliphatic rings. The number of hydrogen-bond acceptors (Lipinski definition) is 5. The Labute approximate surface area is 176 Å². The highest BCUT2D eigenvalue weighted by molar-refractivity contribution is 9.10. The van der Waals surface area contributed by atoms with Gasteiger partial charge in [0.25, 0.3) is 5.91 Å². The number of ether oxygens (including phenoxy) is 1. The van der Waals surface area contributed by atoms with Crippen LogP contribution in [0.1, 0.15) is 13.8 Å². The van der Waals surface area contributed by atoms with Crippen LogP contribution in [0.15, 0.2) is 57.9 Å². The molecule has 10 heteroatoms. The number of amides is 1. The summed E-state index contributed by atoms with van der Waals surface area (Å²) in [7, 11) is -4.30. The third kappa shape index (κ3) is 6.62. The van der Waals surface area contributed by atoms with E-state index in [-0.39, 0.29) is 0 Å². The minimum atomic E-state index is -4.30. The van der Waals surface area contributed by atoms with Crippen molar-refractivity contribution in [1.82, 2.24) is 4.72 Å². The average Bonchev–Trinajstić information content (AvgIpc) is 2.66. The molecule has 0 spiro atoms. The third-order valence-electron chi connectivity index (χ3n) is 3.80. The Kier molecular flexibility index (Phi) is 7.88. The lowest BCUT2D eigenvalue weighted by Crippen LogP contribution is -2.46. The number of anilines is 1. The van der Waals surface area contributed by atoms with Gasteiger partial charge in [0.1, 0.15) is 16.8 Å². The number of nitrogens with one attached hydrogen (secondary N) is 2. The first-order valence-electron chi connectivity index (χ1n) is 8.59. The van der Waals surface area contributed by atoms with Gasteiger partial charge in [0.05, 0.1) is 0 Å². The third-order valence-corrected chi connectivity index (χ3v) is 5.81. The summed E-state index contributed by atoms with van der Waals surface area (Å²) in [6, 6.07) is 10.3. The van der Waals surface area contributed by atoms with Gasteiger partial charge in [-0.1, -0.05) is 41.9 Å². The second-order valence-electron chi connectivity index (χ2n) is 6.44. The van der Waals surface area contributed by atoms with Crippen molar-refractivity contribution in [3.63, 3.8) is 0 Å². The van der Waals surface area contributed by atoms with E-state index in [0.29, 0.717) is 5.69 Å². The van der Waals surface area contributed by atoms with Crippen LogP contribution in [0, 0.1) is 11.7 Å². The largest absolute Gasteiger partial charge is 0.454 e. The van der Waals surface area contributed by atoms with Gasteiger partial charge < -0.3 is 10.1 Å². The molecule has 0 aromatic heterocycles. The summed E-state index contributed by atoms with van der Waals surface area (Å²) in [5.74, 6) is -2.96. The monoisotopic (exact) mass is 486 g/mol. The van der Waals surface area contributed by atoms with Crippen LogP contribution in [0.3, 0.4) is 0 Å². The quantitative estimate of drug-likeness (QED) is 0.558. The molecule has 0 fully saturated rings. The summed E-state index contributed by atoms with van der Waals surface area (Å²) in [5.41, 5.74) is 0.509. The van der Waals surface area contributed by atoms with Gasteiger partial charge >= 0.3 is 5.97 Å². The summed E-state index contributed by atoms with van der Waals surface area (Å²) < 4.78 is 46.6. The highest BCUT2D eigenvalue weighted by atomic mass is 79.9. The first kappa shape index (κ1) is 23.0. The van der Waals surface area contributed by atoms with Gasteiger partial charge in [-0.3, -0.25) is 9.59 Å². The summed E-state index contributed by atoms with van der Waals surface area (Å²) in [6.45, 7) is 2.59. The highest BCUT2D eigenvalue weighted by Crippen LogP contribution is 2.16. The zero-order valence-electron chi connectivity index (χ0n) is 15.7. The number of rotatable bonds is 8. The first-order valence-corrected chi connectivity index (χ1v) is 10.9. The van der Waals surface area contributed by atoms with Gasteiger partial charge in [-0.2, -0.15) is 4.72 Å². The van der Waals surface area contributed by atoms with Crippen LogP contribution in [0.2, 0.25) is 0 Å². The Bertz CT molecular complexity index is 980. The lowest BCUT2D eigenvalue weighted by atomic mass is 10.1. The number of sulfonamides is 1. The molecule has 2 aromatic carbocycles. The van der Waals surface area contributed by atoms with E-state index in [2.05, 4.69) is 26.0 Å². The van der Waals surface area contributed by atoms with Crippen LogP contribution in [-0.4, -0.2) is 32.9 Å². The normalized spacial score (nSPS) is 12.4. The van der Waals surface area contributed by atoms with E-state index in [4.69, 9.17) is 4.74 Å². The highest BCUT2D eigenvalue weighted by Gasteiger charge is 2.31. The number of carbonyl (C=O) groups is 2. The van der Waals surface area contributed by atoms with Gasteiger partial charge in [0, 0.05) is 10.2 Å². The van der Waals surface area contributed by atoms with Crippen molar-refractivity contribution in [2.45, 2.75) is 24.8 Å². The fourth-order valence-corrected chi connectivity index (χ4v) is 3.98. The van der Waals surface area contributed by atoms with E-state index in [9.17, 15) is 22.4 Å². The molecule has 0 unspecified atom stereocenters.